The summed E-state index contributed by atoms with van der Waals surface area (Å²) in [6.45, 7) is 3.81. The Labute approximate surface area is 77.8 Å². The molecular weight excluding hydrogens is 170 g/mol. The van der Waals surface area contributed by atoms with E-state index in [0.29, 0.717) is 6.42 Å². The van der Waals surface area contributed by atoms with Gasteiger partial charge < -0.3 is 16.8 Å². The summed E-state index contributed by atoms with van der Waals surface area (Å²) in [4.78, 5) is 21.3. The summed E-state index contributed by atoms with van der Waals surface area (Å²) >= 11 is 0. The minimum atomic E-state index is -0.465. The summed E-state index contributed by atoms with van der Waals surface area (Å²) in [5.41, 5.74) is 10.1. The summed E-state index contributed by atoms with van der Waals surface area (Å²) in [5, 5.41) is 2.95. The van der Waals surface area contributed by atoms with Crippen LogP contribution in [0.25, 0.3) is 0 Å². The summed E-state index contributed by atoms with van der Waals surface area (Å²) in [5.74, 6) is -0.869. The first-order valence-corrected chi connectivity index (χ1v) is 4.27. The summed E-state index contributed by atoms with van der Waals surface area (Å²) in [6.07, 6.45) is 0.538. The average molecular weight is 187 g/mol. The fourth-order valence-electron chi connectivity index (χ4n) is 0.997. The van der Waals surface area contributed by atoms with Crippen LogP contribution in [-0.2, 0) is 9.59 Å². The van der Waals surface area contributed by atoms with Crippen molar-refractivity contribution >= 4 is 11.8 Å². The molecule has 0 aromatic heterocycles. The molecule has 0 heterocycles. The standard InChI is InChI=1S/C8H17N3O2/c1-5(2)11-6(8(10)13)3-4-7(9)12/h5-6,11H,3-4H2,1-2H3,(H2,9,12)(H2,10,13)/t6-/m1/s1. The third-order valence-corrected chi connectivity index (χ3v) is 1.56. The number of hydrogen-bond acceptors (Lipinski definition) is 3. The first kappa shape index (κ1) is 11.9. The normalized spacial score (nSPS) is 12.8. The summed E-state index contributed by atoms with van der Waals surface area (Å²) in [6, 6.07) is -0.308. The summed E-state index contributed by atoms with van der Waals surface area (Å²) in [7, 11) is 0. The quantitative estimate of drug-likeness (QED) is 0.502. The first-order chi connectivity index (χ1) is 5.93. The number of primary amides is 2. The van der Waals surface area contributed by atoms with E-state index in [-0.39, 0.29) is 12.5 Å². The van der Waals surface area contributed by atoms with E-state index in [9.17, 15) is 9.59 Å². The van der Waals surface area contributed by atoms with E-state index in [2.05, 4.69) is 5.32 Å². The van der Waals surface area contributed by atoms with Crippen LogP contribution in [0.1, 0.15) is 26.7 Å². The molecule has 13 heavy (non-hydrogen) atoms. The van der Waals surface area contributed by atoms with Crippen molar-refractivity contribution in [1.82, 2.24) is 5.32 Å². The van der Waals surface area contributed by atoms with Gasteiger partial charge in [-0.25, -0.2) is 0 Å². The maximum atomic E-state index is 10.9. The van der Waals surface area contributed by atoms with Crippen molar-refractivity contribution in [3.8, 4) is 0 Å². The van der Waals surface area contributed by atoms with E-state index in [1.54, 1.807) is 0 Å². The van der Waals surface area contributed by atoms with E-state index >= 15 is 0 Å². The van der Waals surface area contributed by atoms with Crippen LogP contribution in [0.5, 0.6) is 0 Å². The van der Waals surface area contributed by atoms with Crippen molar-refractivity contribution in [2.45, 2.75) is 38.8 Å². The van der Waals surface area contributed by atoms with E-state index in [0.717, 1.165) is 0 Å². The number of rotatable bonds is 6. The molecule has 5 N–H and O–H groups in total. The Morgan fingerprint density at radius 3 is 2.15 bits per heavy atom. The van der Waals surface area contributed by atoms with Crippen molar-refractivity contribution in [2.75, 3.05) is 0 Å². The molecule has 0 unspecified atom stereocenters. The van der Waals surface area contributed by atoms with Crippen LogP contribution in [-0.4, -0.2) is 23.9 Å². The molecule has 76 valence electrons. The second kappa shape index (κ2) is 5.53. The minimum Gasteiger partial charge on any atom is -0.370 e. The van der Waals surface area contributed by atoms with Gasteiger partial charge in [-0.15, -0.1) is 0 Å². The van der Waals surface area contributed by atoms with E-state index in [1.807, 2.05) is 13.8 Å². The van der Waals surface area contributed by atoms with Crippen LogP contribution in [0.2, 0.25) is 0 Å². The smallest absolute Gasteiger partial charge is 0.234 e. The molecule has 1 atom stereocenters. The van der Waals surface area contributed by atoms with Crippen molar-refractivity contribution in [1.29, 1.82) is 0 Å². The van der Waals surface area contributed by atoms with Gasteiger partial charge in [0, 0.05) is 12.5 Å². The van der Waals surface area contributed by atoms with Gasteiger partial charge in [-0.2, -0.15) is 0 Å². The summed E-state index contributed by atoms with van der Waals surface area (Å²) < 4.78 is 0. The Kier molecular flexibility index (Phi) is 5.06. The van der Waals surface area contributed by atoms with Gasteiger partial charge in [0.2, 0.25) is 11.8 Å². The lowest BCUT2D eigenvalue weighted by Crippen LogP contribution is -2.44. The van der Waals surface area contributed by atoms with E-state index in [4.69, 9.17) is 11.5 Å². The average Bonchev–Trinajstić information content (AvgIpc) is 1.96. The molecule has 2 amide bonds. The number of hydrogen-bond donors (Lipinski definition) is 3. The highest BCUT2D eigenvalue weighted by Crippen LogP contribution is 1.97. The number of carbonyl (C=O) groups is 2. The third-order valence-electron chi connectivity index (χ3n) is 1.56. The SMILES string of the molecule is CC(C)N[C@H](CCC(N)=O)C(N)=O. The van der Waals surface area contributed by atoms with Gasteiger partial charge in [0.1, 0.15) is 0 Å². The van der Waals surface area contributed by atoms with Gasteiger partial charge in [0.05, 0.1) is 6.04 Å². The third kappa shape index (κ3) is 6.10. The molecule has 0 rings (SSSR count). The predicted molar refractivity (Wildman–Crippen MR) is 49.7 cm³/mol. The molecule has 5 heteroatoms. The lowest BCUT2D eigenvalue weighted by Gasteiger charge is -2.17. The van der Waals surface area contributed by atoms with Crippen molar-refractivity contribution in [3.63, 3.8) is 0 Å². The van der Waals surface area contributed by atoms with Gasteiger partial charge in [-0.3, -0.25) is 9.59 Å². The van der Waals surface area contributed by atoms with Crippen molar-refractivity contribution in [3.05, 3.63) is 0 Å². The molecule has 0 fully saturated rings. The van der Waals surface area contributed by atoms with E-state index < -0.39 is 17.9 Å². The fraction of sp³-hybridized carbons (Fsp3) is 0.750. The minimum absolute atomic E-state index is 0.158. The van der Waals surface area contributed by atoms with Gasteiger partial charge >= 0.3 is 0 Å². The molecule has 0 saturated heterocycles. The van der Waals surface area contributed by atoms with Crippen LogP contribution in [0, 0.1) is 0 Å². The molecule has 0 spiro atoms. The second-order valence-corrected chi connectivity index (χ2v) is 3.28. The van der Waals surface area contributed by atoms with Crippen molar-refractivity contribution in [2.24, 2.45) is 11.5 Å². The Morgan fingerprint density at radius 1 is 1.31 bits per heavy atom. The molecular formula is C8H17N3O2. The highest BCUT2D eigenvalue weighted by atomic mass is 16.1. The molecule has 5 nitrogen and oxygen atoms in total. The van der Waals surface area contributed by atoms with Crippen LogP contribution in [0.4, 0.5) is 0 Å². The highest BCUT2D eigenvalue weighted by Gasteiger charge is 2.16. The number of nitrogens with two attached hydrogens (primary N) is 2. The number of nitrogens with one attached hydrogen (secondary N) is 1. The maximum absolute atomic E-state index is 10.9. The topological polar surface area (TPSA) is 98.2 Å². The molecule has 0 aromatic rings. The molecule has 0 bridgehead atoms. The monoisotopic (exact) mass is 187 g/mol. The molecule has 0 aliphatic heterocycles. The predicted octanol–water partition coefficient (Wildman–Crippen LogP) is -0.896. The molecule has 0 aliphatic rings. The zero-order valence-corrected chi connectivity index (χ0v) is 8.04. The van der Waals surface area contributed by atoms with E-state index in [1.165, 1.54) is 0 Å². The van der Waals surface area contributed by atoms with Gasteiger partial charge in [-0.05, 0) is 6.42 Å². The Balaban J connectivity index is 3.95. The zero-order valence-electron chi connectivity index (χ0n) is 8.04. The molecule has 0 aromatic carbocycles. The Hall–Kier alpha value is -1.10. The largest absolute Gasteiger partial charge is 0.370 e. The maximum Gasteiger partial charge on any atom is 0.234 e. The molecule has 0 saturated carbocycles. The highest BCUT2D eigenvalue weighted by molar-refractivity contribution is 5.81. The molecule has 0 radical (unpaired) electrons. The molecule has 0 aliphatic carbocycles. The first-order valence-electron chi connectivity index (χ1n) is 4.27. The van der Waals surface area contributed by atoms with Crippen LogP contribution < -0.4 is 16.8 Å². The van der Waals surface area contributed by atoms with Gasteiger partial charge in [0.15, 0.2) is 0 Å². The number of carbonyl (C=O) groups excluding carboxylic acids is 2. The lowest BCUT2D eigenvalue weighted by molar-refractivity contribution is -0.121. The van der Waals surface area contributed by atoms with Crippen LogP contribution in [0.3, 0.4) is 0 Å². The zero-order chi connectivity index (χ0) is 10.4. The van der Waals surface area contributed by atoms with Crippen LogP contribution >= 0.6 is 0 Å². The lowest BCUT2D eigenvalue weighted by atomic mass is 10.1. The fourth-order valence-corrected chi connectivity index (χ4v) is 0.997. The number of amides is 2. The second-order valence-electron chi connectivity index (χ2n) is 3.28. The van der Waals surface area contributed by atoms with Crippen molar-refractivity contribution < 1.29 is 9.59 Å². The Bertz CT molecular complexity index is 192. The van der Waals surface area contributed by atoms with Gasteiger partial charge in [0.25, 0.3) is 0 Å². The van der Waals surface area contributed by atoms with Gasteiger partial charge in [-0.1, -0.05) is 13.8 Å². The Morgan fingerprint density at radius 2 is 1.85 bits per heavy atom. The van der Waals surface area contributed by atoms with Crippen LogP contribution in [0.15, 0.2) is 0 Å².